The van der Waals surface area contributed by atoms with Gasteiger partial charge in [-0.3, -0.25) is 14.4 Å². The maximum absolute atomic E-state index is 14.3. The number of aromatic hydroxyl groups is 1. The largest absolute Gasteiger partial charge is 0.504 e. The minimum atomic E-state index is -4.65. The third-order valence-electron chi connectivity index (χ3n) is 9.41. The van der Waals surface area contributed by atoms with Crippen LogP contribution in [0.1, 0.15) is 51.9 Å². The Morgan fingerprint density at radius 3 is 2.51 bits per heavy atom. The number of ether oxygens (including phenoxy) is 1. The second kappa shape index (κ2) is 14.9. The lowest BCUT2D eigenvalue weighted by molar-refractivity contribution is -0.137. The van der Waals surface area contributed by atoms with Crippen LogP contribution in [0.25, 0.3) is 17.2 Å². The van der Waals surface area contributed by atoms with Gasteiger partial charge in [-0.2, -0.15) is 22.7 Å². The van der Waals surface area contributed by atoms with Gasteiger partial charge >= 0.3 is 6.18 Å². The molecule has 0 saturated carbocycles. The third kappa shape index (κ3) is 7.28. The van der Waals surface area contributed by atoms with Gasteiger partial charge in [0.25, 0.3) is 17.9 Å². The number of aromatic nitrogens is 6. The number of rotatable bonds is 8. The van der Waals surface area contributed by atoms with Gasteiger partial charge in [0.05, 0.1) is 35.2 Å². The normalized spacial score (nSPS) is 14.8. The van der Waals surface area contributed by atoms with Crippen LogP contribution in [0.4, 0.5) is 33.3 Å². The SMILES string of the molecule is CCc1c(N2CCN(C(=O)c3ncnc(C(F)F)c3O)CC2)c(=O)n2nc(-c3ccc4c(c3)CCOC4)nc2n1CC(=O)Nc1ccc(C(F)(F)F)cc1Cl. The summed E-state index contributed by atoms with van der Waals surface area (Å²) < 4.78 is 74.5. The number of hydrogen-bond donors (Lipinski definition) is 2. The van der Waals surface area contributed by atoms with Crippen molar-refractivity contribution in [2.24, 2.45) is 0 Å². The van der Waals surface area contributed by atoms with Crippen molar-refractivity contribution < 1.29 is 41.4 Å². The predicted octanol–water partition coefficient (Wildman–Crippen LogP) is 4.90. The number of nitrogens with one attached hydrogen (secondary N) is 1. The van der Waals surface area contributed by atoms with E-state index in [4.69, 9.17) is 21.3 Å². The molecule has 1 fully saturated rings. The summed E-state index contributed by atoms with van der Waals surface area (Å²) in [6, 6.07) is 8.14. The molecular weight excluding hydrogens is 757 g/mol. The van der Waals surface area contributed by atoms with Crippen molar-refractivity contribution in [2.45, 2.75) is 45.5 Å². The van der Waals surface area contributed by atoms with E-state index in [0.717, 1.165) is 34.1 Å². The van der Waals surface area contributed by atoms with E-state index in [2.05, 4.69) is 20.4 Å². The van der Waals surface area contributed by atoms with E-state index in [-0.39, 0.29) is 60.6 Å². The van der Waals surface area contributed by atoms with E-state index < -0.39 is 59.2 Å². The molecule has 2 aliphatic rings. The van der Waals surface area contributed by atoms with E-state index in [1.165, 1.54) is 9.47 Å². The van der Waals surface area contributed by atoms with Crippen molar-refractivity contribution in [3.05, 3.63) is 91.9 Å². The fourth-order valence-electron chi connectivity index (χ4n) is 6.67. The van der Waals surface area contributed by atoms with Crippen molar-refractivity contribution in [3.63, 3.8) is 0 Å². The minimum absolute atomic E-state index is 0.00126. The zero-order valence-electron chi connectivity index (χ0n) is 28.9. The molecule has 5 heterocycles. The standard InChI is InChI=1S/C35H31ClF5N9O5/c1-2-24-28(47-8-10-48(11-9-47)32(53)27-29(52)26(30(37)38)42-17-43-27)33(54)50-34(45-31(46-50)19-3-4-20-16-55-12-7-18(20)13-19)49(24)15-25(51)44-23-6-5-21(14-22(23)36)35(39,40)41/h3-6,13-14,17,30,52H,2,7-12,15-16H2,1H3,(H,44,51). The zero-order valence-corrected chi connectivity index (χ0v) is 29.7. The molecule has 0 atom stereocenters. The summed E-state index contributed by atoms with van der Waals surface area (Å²) in [5.74, 6) is -2.28. The molecule has 2 amide bonds. The molecule has 2 aliphatic heterocycles. The van der Waals surface area contributed by atoms with Gasteiger partial charge in [0.1, 0.15) is 18.6 Å². The zero-order chi connectivity index (χ0) is 39.2. The molecule has 0 unspecified atom stereocenters. The summed E-state index contributed by atoms with van der Waals surface area (Å²) in [6.45, 7) is 2.46. The fourth-order valence-corrected chi connectivity index (χ4v) is 6.90. The number of hydrogen-bond acceptors (Lipinski definition) is 10. The monoisotopic (exact) mass is 787 g/mol. The van der Waals surface area contributed by atoms with Crippen molar-refractivity contribution in [3.8, 4) is 17.1 Å². The van der Waals surface area contributed by atoms with Crippen molar-refractivity contribution in [2.75, 3.05) is 43.0 Å². The van der Waals surface area contributed by atoms with Gasteiger partial charge in [-0.15, -0.1) is 5.10 Å². The molecule has 0 bridgehead atoms. The molecular formula is C35H31ClF5N9O5. The number of carbonyl (C=O) groups is 2. The first kappa shape index (κ1) is 37.6. The van der Waals surface area contributed by atoms with E-state index in [1.807, 2.05) is 12.1 Å². The number of amides is 2. The number of benzene rings is 2. The number of nitrogens with zero attached hydrogens (tertiary/aromatic N) is 8. The van der Waals surface area contributed by atoms with Gasteiger partial charge in [0.15, 0.2) is 23.0 Å². The van der Waals surface area contributed by atoms with Gasteiger partial charge in [-0.05, 0) is 48.2 Å². The molecule has 0 aliphatic carbocycles. The molecule has 5 aromatic rings. The van der Waals surface area contributed by atoms with Gasteiger partial charge in [0, 0.05) is 31.7 Å². The van der Waals surface area contributed by atoms with E-state index in [0.29, 0.717) is 37.0 Å². The molecule has 288 valence electrons. The molecule has 3 aromatic heterocycles. The Balaban J connectivity index is 1.25. The summed E-state index contributed by atoms with van der Waals surface area (Å²) in [5, 5.41) is 17.1. The highest BCUT2D eigenvalue weighted by atomic mass is 35.5. The van der Waals surface area contributed by atoms with Crippen molar-refractivity contribution in [1.82, 2.24) is 34.0 Å². The smallest absolute Gasteiger partial charge is 0.416 e. The number of carbonyl (C=O) groups excluding carboxylic acids is 2. The molecule has 20 heteroatoms. The Hall–Kier alpha value is -5.69. The van der Waals surface area contributed by atoms with Crippen LogP contribution in [0, 0.1) is 0 Å². The summed E-state index contributed by atoms with van der Waals surface area (Å²) in [7, 11) is 0. The van der Waals surface area contributed by atoms with Crippen LogP contribution >= 0.6 is 11.6 Å². The van der Waals surface area contributed by atoms with Gasteiger partial charge in [0.2, 0.25) is 11.7 Å². The quantitative estimate of drug-likeness (QED) is 0.207. The second-order valence-electron chi connectivity index (χ2n) is 12.8. The maximum atomic E-state index is 14.3. The van der Waals surface area contributed by atoms with Crippen molar-refractivity contribution in [1.29, 1.82) is 0 Å². The van der Waals surface area contributed by atoms with Crippen LogP contribution in [0.3, 0.4) is 0 Å². The Morgan fingerprint density at radius 1 is 1.05 bits per heavy atom. The molecule has 2 aromatic carbocycles. The molecule has 7 rings (SSSR count). The molecule has 0 radical (unpaired) electrons. The van der Waals surface area contributed by atoms with Crippen LogP contribution in [0.2, 0.25) is 5.02 Å². The van der Waals surface area contributed by atoms with E-state index >= 15 is 0 Å². The number of alkyl halides is 5. The molecule has 14 nitrogen and oxygen atoms in total. The van der Waals surface area contributed by atoms with Crippen LogP contribution in [-0.4, -0.2) is 83.7 Å². The van der Waals surface area contributed by atoms with E-state index in [1.54, 1.807) is 17.9 Å². The topological polar surface area (TPSA) is 160 Å². The fraction of sp³-hybridized carbons (Fsp3) is 0.343. The first-order valence-corrected chi connectivity index (χ1v) is 17.4. The van der Waals surface area contributed by atoms with E-state index in [9.17, 15) is 41.4 Å². The molecule has 2 N–H and O–H groups in total. The second-order valence-corrected chi connectivity index (χ2v) is 13.2. The van der Waals surface area contributed by atoms with Crippen molar-refractivity contribution >= 4 is 40.6 Å². The lowest BCUT2D eigenvalue weighted by atomic mass is 10.0. The first-order chi connectivity index (χ1) is 26.2. The lowest BCUT2D eigenvalue weighted by Crippen LogP contribution is -2.51. The number of halogens is 6. The average Bonchev–Trinajstić information content (AvgIpc) is 3.62. The first-order valence-electron chi connectivity index (χ1n) is 17.0. The van der Waals surface area contributed by atoms with Gasteiger partial charge in [-0.1, -0.05) is 30.7 Å². The summed E-state index contributed by atoms with van der Waals surface area (Å²) >= 11 is 6.12. The lowest BCUT2D eigenvalue weighted by Gasteiger charge is -2.36. The van der Waals surface area contributed by atoms with Gasteiger partial charge in [-0.25, -0.2) is 18.7 Å². The molecule has 55 heavy (non-hydrogen) atoms. The Labute approximate surface area is 313 Å². The molecule has 1 saturated heterocycles. The Morgan fingerprint density at radius 2 is 1.82 bits per heavy atom. The van der Waals surface area contributed by atoms with Crippen LogP contribution < -0.4 is 15.8 Å². The highest BCUT2D eigenvalue weighted by molar-refractivity contribution is 6.33. The average molecular weight is 788 g/mol. The summed E-state index contributed by atoms with van der Waals surface area (Å²) in [4.78, 5) is 55.9. The van der Waals surface area contributed by atoms with Crippen LogP contribution in [-0.2, 0) is 41.7 Å². The van der Waals surface area contributed by atoms with Gasteiger partial charge < -0.3 is 29.5 Å². The number of fused-ring (bicyclic) bond motifs is 2. The highest BCUT2D eigenvalue weighted by Crippen LogP contribution is 2.34. The van der Waals surface area contributed by atoms with Crippen LogP contribution in [0.15, 0.2) is 47.5 Å². The summed E-state index contributed by atoms with van der Waals surface area (Å²) in [6.07, 6.45) is -6.14. The molecule has 0 spiro atoms. The Bertz CT molecular complexity index is 2380. The Kier molecular flexibility index (Phi) is 10.2. The minimum Gasteiger partial charge on any atom is -0.504 e. The van der Waals surface area contributed by atoms with Crippen LogP contribution in [0.5, 0.6) is 5.75 Å². The highest BCUT2D eigenvalue weighted by Gasteiger charge is 2.33. The summed E-state index contributed by atoms with van der Waals surface area (Å²) in [5.41, 5.74) is 0.0267. The predicted molar refractivity (Wildman–Crippen MR) is 187 cm³/mol. The third-order valence-corrected chi connectivity index (χ3v) is 9.73. The maximum Gasteiger partial charge on any atom is 0.416 e. The number of piperazine rings is 1. The number of anilines is 2.